The molecule has 1 aromatic carbocycles. The molecule has 122 valence electrons. The van der Waals surface area contributed by atoms with Crippen LogP contribution in [0, 0.1) is 13.8 Å². The molecule has 1 fully saturated rings. The van der Waals surface area contributed by atoms with Crippen molar-refractivity contribution in [3.63, 3.8) is 0 Å². The van der Waals surface area contributed by atoms with Gasteiger partial charge in [0.25, 0.3) is 0 Å². The van der Waals surface area contributed by atoms with Crippen LogP contribution >= 0.6 is 36.2 Å². The maximum Gasteiger partial charge on any atom is 0.0697 e. The Hall–Kier alpha value is -0.580. The number of aryl methyl sites for hydroxylation is 2. The molecule has 0 unspecified atom stereocenters. The molecule has 2 heterocycles. The summed E-state index contributed by atoms with van der Waals surface area (Å²) in [6.45, 7) is 8.81. The standard InChI is InChI=1S/C17H22N2S.2ClH/c1-13-10-14(2)12-15(11-13)17(16-4-3-9-20-16)19-7-5-18-6-8-19;;/h3-4,9-12,17-18H,5-8H2,1-2H3;2*1H/t17-;;/m1../s1. The molecule has 0 bridgehead atoms. The summed E-state index contributed by atoms with van der Waals surface area (Å²) in [7, 11) is 0. The molecule has 1 saturated heterocycles. The van der Waals surface area contributed by atoms with Crippen molar-refractivity contribution in [2.75, 3.05) is 26.2 Å². The summed E-state index contributed by atoms with van der Waals surface area (Å²) in [5.74, 6) is 0. The van der Waals surface area contributed by atoms with Crippen LogP contribution in [-0.4, -0.2) is 31.1 Å². The first kappa shape index (κ1) is 19.5. The van der Waals surface area contributed by atoms with Crippen molar-refractivity contribution in [3.05, 3.63) is 57.3 Å². The zero-order valence-electron chi connectivity index (χ0n) is 13.0. The first-order valence-electron chi connectivity index (χ1n) is 7.30. The van der Waals surface area contributed by atoms with E-state index in [1.165, 1.54) is 21.6 Å². The third kappa shape index (κ3) is 4.46. The van der Waals surface area contributed by atoms with Crippen LogP contribution in [0.25, 0.3) is 0 Å². The van der Waals surface area contributed by atoms with Crippen LogP contribution in [0.5, 0.6) is 0 Å². The summed E-state index contributed by atoms with van der Waals surface area (Å²) < 4.78 is 0. The van der Waals surface area contributed by atoms with Gasteiger partial charge in [-0.1, -0.05) is 35.4 Å². The topological polar surface area (TPSA) is 15.3 Å². The highest BCUT2D eigenvalue weighted by Gasteiger charge is 2.24. The van der Waals surface area contributed by atoms with Crippen LogP contribution in [0.1, 0.15) is 27.6 Å². The molecule has 1 atom stereocenters. The Morgan fingerprint density at radius 1 is 1.05 bits per heavy atom. The average molecular weight is 359 g/mol. The Morgan fingerprint density at radius 2 is 1.68 bits per heavy atom. The first-order valence-corrected chi connectivity index (χ1v) is 8.18. The maximum atomic E-state index is 3.45. The Kier molecular flexibility index (Phi) is 7.87. The molecule has 3 rings (SSSR count). The minimum Gasteiger partial charge on any atom is -0.314 e. The van der Waals surface area contributed by atoms with Crippen molar-refractivity contribution in [2.24, 2.45) is 0 Å². The molecule has 22 heavy (non-hydrogen) atoms. The van der Waals surface area contributed by atoms with Crippen LogP contribution in [-0.2, 0) is 0 Å². The first-order chi connectivity index (χ1) is 9.74. The van der Waals surface area contributed by atoms with Crippen molar-refractivity contribution in [3.8, 4) is 0 Å². The molecule has 0 spiro atoms. The molecule has 1 N–H and O–H groups in total. The molecule has 1 aromatic heterocycles. The second kappa shape index (κ2) is 8.90. The molecule has 2 nitrogen and oxygen atoms in total. The van der Waals surface area contributed by atoms with Gasteiger partial charge in [0.1, 0.15) is 0 Å². The second-order valence-corrected chi connectivity index (χ2v) is 6.60. The van der Waals surface area contributed by atoms with Gasteiger partial charge in [0.05, 0.1) is 6.04 Å². The van der Waals surface area contributed by atoms with Gasteiger partial charge in [-0.05, 0) is 30.9 Å². The highest BCUT2D eigenvalue weighted by molar-refractivity contribution is 7.10. The van der Waals surface area contributed by atoms with Crippen molar-refractivity contribution in [2.45, 2.75) is 19.9 Å². The van der Waals surface area contributed by atoms with Crippen molar-refractivity contribution >= 4 is 36.2 Å². The van der Waals surface area contributed by atoms with Gasteiger partial charge < -0.3 is 5.32 Å². The summed E-state index contributed by atoms with van der Waals surface area (Å²) >= 11 is 1.87. The molecule has 1 aliphatic rings. The van der Waals surface area contributed by atoms with Gasteiger partial charge in [-0.2, -0.15) is 0 Å². The van der Waals surface area contributed by atoms with E-state index in [9.17, 15) is 0 Å². The molecule has 0 aliphatic carbocycles. The predicted molar refractivity (Wildman–Crippen MR) is 101 cm³/mol. The van der Waals surface area contributed by atoms with Crippen molar-refractivity contribution in [1.29, 1.82) is 0 Å². The van der Waals surface area contributed by atoms with Gasteiger partial charge >= 0.3 is 0 Å². The van der Waals surface area contributed by atoms with Gasteiger partial charge in [0.2, 0.25) is 0 Å². The monoisotopic (exact) mass is 358 g/mol. The molecule has 5 heteroatoms. The third-order valence-corrected chi connectivity index (χ3v) is 4.81. The number of benzene rings is 1. The SMILES string of the molecule is Cc1cc(C)cc([C@H](c2cccs2)N2CCNCC2)c1.Cl.Cl. The van der Waals surface area contributed by atoms with Gasteiger partial charge in [-0.25, -0.2) is 0 Å². The fourth-order valence-corrected chi connectivity index (χ4v) is 4.00. The van der Waals surface area contributed by atoms with E-state index < -0.39 is 0 Å². The van der Waals surface area contributed by atoms with Crippen LogP contribution in [0.4, 0.5) is 0 Å². The van der Waals surface area contributed by atoms with Gasteiger partial charge in [-0.3, -0.25) is 4.90 Å². The molecule has 2 aromatic rings. The van der Waals surface area contributed by atoms with E-state index in [4.69, 9.17) is 0 Å². The lowest BCUT2D eigenvalue weighted by Gasteiger charge is -2.35. The molecule has 0 saturated carbocycles. The number of nitrogens with zero attached hydrogens (tertiary/aromatic N) is 1. The molecule has 0 radical (unpaired) electrons. The number of piperazine rings is 1. The smallest absolute Gasteiger partial charge is 0.0697 e. The third-order valence-electron chi connectivity index (χ3n) is 3.89. The number of hydrogen-bond donors (Lipinski definition) is 1. The number of halogens is 2. The largest absolute Gasteiger partial charge is 0.314 e. The highest BCUT2D eigenvalue weighted by atomic mass is 35.5. The zero-order valence-corrected chi connectivity index (χ0v) is 15.5. The number of rotatable bonds is 3. The lowest BCUT2D eigenvalue weighted by atomic mass is 9.98. The quantitative estimate of drug-likeness (QED) is 0.884. The predicted octanol–water partition coefficient (Wildman–Crippen LogP) is 4.20. The van der Waals surface area contributed by atoms with Crippen LogP contribution in [0.15, 0.2) is 35.7 Å². The van der Waals surface area contributed by atoms with E-state index in [0.717, 1.165) is 26.2 Å². The van der Waals surface area contributed by atoms with E-state index in [2.05, 4.69) is 59.8 Å². The minimum absolute atomic E-state index is 0. The lowest BCUT2D eigenvalue weighted by molar-refractivity contribution is 0.200. The second-order valence-electron chi connectivity index (χ2n) is 5.62. The van der Waals surface area contributed by atoms with E-state index >= 15 is 0 Å². The van der Waals surface area contributed by atoms with Crippen molar-refractivity contribution < 1.29 is 0 Å². The summed E-state index contributed by atoms with van der Waals surface area (Å²) in [5.41, 5.74) is 4.15. The molecule has 1 aliphatic heterocycles. The van der Waals surface area contributed by atoms with Gasteiger partial charge in [0, 0.05) is 31.1 Å². The van der Waals surface area contributed by atoms with E-state index in [0.29, 0.717) is 6.04 Å². The average Bonchev–Trinajstić information content (AvgIpc) is 2.93. The zero-order chi connectivity index (χ0) is 13.9. The Labute approximate surface area is 149 Å². The van der Waals surface area contributed by atoms with E-state index in [-0.39, 0.29) is 24.8 Å². The summed E-state index contributed by atoms with van der Waals surface area (Å²) in [5, 5.41) is 5.64. The Bertz CT molecular complexity index is 546. The number of nitrogens with one attached hydrogen (secondary N) is 1. The minimum atomic E-state index is 0. The fourth-order valence-electron chi connectivity index (χ4n) is 3.11. The summed E-state index contributed by atoms with van der Waals surface area (Å²) in [4.78, 5) is 4.06. The molecular formula is C17H24Cl2N2S. The van der Waals surface area contributed by atoms with Gasteiger partial charge in [-0.15, -0.1) is 36.2 Å². The van der Waals surface area contributed by atoms with E-state index in [1.54, 1.807) is 0 Å². The fraction of sp³-hybridized carbons (Fsp3) is 0.412. The Morgan fingerprint density at radius 3 is 2.23 bits per heavy atom. The maximum absolute atomic E-state index is 3.45. The van der Waals surface area contributed by atoms with Gasteiger partial charge in [0.15, 0.2) is 0 Å². The van der Waals surface area contributed by atoms with Crippen LogP contribution < -0.4 is 5.32 Å². The number of thiophene rings is 1. The Balaban J connectivity index is 0.00000121. The lowest BCUT2D eigenvalue weighted by Crippen LogP contribution is -2.45. The summed E-state index contributed by atoms with van der Waals surface area (Å²) in [6.07, 6.45) is 0. The van der Waals surface area contributed by atoms with Crippen molar-refractivity contribution in [1.82, 2.24) is 10.2 Å². The van der Waals surface area contributed by atoms with E-state index in [1.807, 2.05) is 11.3 Å². The van der Waals surface area contributed by atoms with Crippen LogP contribution in [0.2, 0.25) is 0 Å². The van der Waals surface area contributed by atoms with Crippen LogP contribution in [0.3, 0.4) is 0 Å². The molecular weight excluding hydrogens is 335 g/mol. The number of hydrogen-bond acceptors (Lipinski definition) is 3. The summed E-state index contributed by atoms with van der Waals surface area (Å²) in [6, 6.07) is 11.8. The normalized spacial score (nSPS) is 16.5. The molecule has 0 amide bonds. The highest BCUT2D eigenvalue weighted by Crippen LogP contribution is 2.32.